The molecule has 0 radical (unpaired) electrons. The van der Waals surface area contributed by atoms with Crippen molar-refractivity contribution in [2.24, 2.45) is 0 Å². The van der Waals surface area contributed by atoms with Gasteiger partial charge in [0.15, 0.2) is 5.78 Å². The van der Waals surface area contributed by atoms with Crippen molar-refractivity contribution in [1.82, 2.24) is 15.2 Å². The molecular formula is C13H20N4O. The first-order chi connectivity index (χ1) is 8.53. The minimum atomic E-state index is -0.542. The van der Waals surface area contributed by atoms with Gasteiger partial charge >= 0.3 is 0 Å². The van der Waals surface area contributed by atoms with Crippen molar-refractivity contribution >= 4 is 11.5 Å². The Labute approximate surface area is 107 Å². The highest BCUT2D eigenvalue weighted by Crippen LogP contribution is 2.23. The number of piperazine rings is 1. The van der Waals surface area contributed by atoms with Crippen LogP contribution in [0.3, 0.4) is 0 Å². The molecule has 5 heteroatoms. The number of hydrogen-bond acceptors (Lipinski definition) is 5. The fourth-order valence-corrected chi connectivity index (χ4v) is 2.29. The van der Waals surface area contributed by atoms with Gasteiger partial charge in [0, 0.05) is 44.3 Å². The lowest BCUT2D eigenvalue weighted by atomic mass is 9.90. The first-order valence-corrected chi connectivity index (χ1v) is 6.23. The summed E-state index contributed by atoms with van der Waals surface area (Å²) in [5, 5.41) is 3.29. The second-order valence-corrected chi connectivity index (χ2v) is 5.09. The SMILES string of the molecule is CC(C)(C(=O)c1cnccc1N)N1CCNCC1. The fourth-order valence-electron chi connectivity index (χ4n) is 2.29. The van der Waals surface area contributed by atoms with E-state index in [2.05, 4.69) is 15.2 Å². The normalized spacial score (nSPS) is 17.7. The zero-order valence-corrected chi connectivity index (χ0v) is 10.9. The summed E-state index contributed by atoms with van der Waals surface area (Å²) in [7, 11) is 0. The lowest BCUT2D eigenvalue weighted by Gasteiger charge is -2.40. The molecule has 0 saturated carbocycles. The van der Waals surface area contributed by atoms with E-state index in [1.807, 2.05) is 13.8 Å². The van der Waals surface area contributed by atoms with Gasteiger partial charge in [0.25, 0.3) is 0 Å². The monoisotopic (exact) mass is 248 g/mol. The number of nitrogens with zero attached hydrogens (tertiary/aromatic N) is 2. The van der Waals surface area contributed by atoms with Crippen LogP contribution in [0.25, 0.3) is 0 Å². The molecule has 18 heavy (non-hydrogen) atoms. The minimum Gasteiger partial charge on any atom is -0.398 e. The van der Waals surface area contributed by atoms with Gasteiger partial charge in [-0.2, -0.15) is 0 Å². The molecule has 3 N–H and O–H groups in total. The van der Waals surface area contributed by atoms with Crippen molar-refractivity contribution in [2.45, 2.75) is 19.4 Å². The van der Waals surface area contributed by atoms with Gasteiger partial charge in [-0.3, -0.25) is 14.7 Å². The Morgan fingerprint density at radius 1 is 1.44 bits per heavy atom. The van der Waals surface area contributed by atoms with E-state index in [9.17, 15) is 4.79 Å². The van der Waals surface area contributed by atoms with Crippen LogP contribution in [0.15, 0.2) is 18.5 Å². The quantitative estimate of drug-likeness (QED) is 0.764. The van der Waals surface area contributed by atoms with Gasteiger partial charge in [0.2, 0.25) is 0 Å². The highest BCUT2D eigenvalue weighted by Gasteiger charge is 2.36. The summed E-state index contributed by atoms with van der Waals surface area (Å²) < 4.78 is 0. The van der Waals surface area contributed by atoms with Crippen molar-refractivity contribution in [3.63, 3.8) is 0 Å². The number of aromatic nitrogens is 1. The molecule has 0 amide bonds. The second-order valence-electron chi connectivity index (χ2n) is 5.09. The number of hydrogen-bond donors (Lipinski definition) is 2. The molecule has 0 spiro atoms. The first kappa shape index (κ1) is 13.0. The summed E-state index contributed by atoms with van der Waals surface area (Å²) in [6, 6.07) is 1.67. The summed E-state index contributed by atoms with van der Waals surface area (Å²) >= 11 is 0. The lowest BCUT2D eigenvalue weighted by Crippen LogP contribution is -2.57. The van der Waals surface area contributed by atoms with E-state index < -0.39 is 5.54 Å². The lowest BCUT2D eigenvalue weighted by molar-refractivity contribution is 0.0603. The molecular weight excluding hydrogens is 228 g/mol. The third kappa shape index (κ3) is 2.37. The van der Waals surface area contributed by atoms with Crippen molar-refractivity contribution in [2.75, 3.05) is 31.9 Å². The molecule has 1 fully saturated rings. The highest BCUT2D eigenvalue weighted by molar-refractivity contribution is 6.06. The van der Waals surface area contributed by atoms with Crippen molar-refractivity contribution in [1.29, 1.82) is 0 Å². The Bertz CT molecular complexity index is 438. The van der Waals surface area contributed by atoms with Crippen LogP contribution < -0.4 is 11.1 Å². The standard InChI is InChI=1S/C13H20N4O/c1-13(2,17-7-5-15-6-8-17)12(18)10-9-16-4-3-11(10)14/h3-4,9,15H,5-8H2,1-2H3,(H2,14,16). The number of nitrogens with two attached hydrogens (primary N) is 1. The van der Waals surface area contributed by atoms with Crippen LogP contribution in [-0.2, 0) is 0 Å². The molecule has 1 saturated heterocycles. The van der Waals surface area contributed by atoms with Crippen LogP contribution >= 0.6 is 0 Å². The van der Waals surface area contributed by atoms with E-state index >= 15 is 0 Å². The van der Waals surface area contributed by atoms with E-state index in [0.717, 1.165) is 26.2 Å². The summed E-state index contributed by atoms with van der Waals surface area (Å²) in [6.07, 6.45) is 3.16. The number of ketones is 1. The Balaban J connectivity index is 2.24. The van der Waals surface area contributed by atoms with Crippen LogP contribution in [0.5, 0.6) is 0 Å². The smallest absolute Gasteiger partial charge is 0.186 e. The zero-order valence-electron chi connectivity index (χ0n) is 10.9. The van der Waals surface area contributed by atoms with Gasteiger partial charge in [0.05, 0.1) is 11.1 Å². The number of carbonyl (C=O) groups excluding carboxylic acids is 1. The molecule has 2 rings (SSSR count). The molecule has 1 aliphatic rings. The number of anilines is 1. The summed E-state index contributed by atoms with van der Waals surface area (Å²) in [6.45, 7) is 7.48. The Morgan fingerprint density at radius 2 is 2.11 bits per heavy atom. The van der Waals surface area contributed by atoms with Gasteiger partial charge in [0.1, 0.15) is 0 Å². The number of pyridine rings is 1. The maximum Gasteiger partial charge on any atom is 0.186 e. The summed E-state index contributed by atoms with van der Waals surface area (Å²) in [5.41, 5.74) is 6.33. The average Bonchev–Trinajstić information content (AvgIpc) is 2.39. The molecule has 0 unspecified atom stereocenters. The number of rotatable bonds is 3. The molecule has 2 heterocycles. The van der Waals surface area contributed by atoms with Crippen LogP contribution in [0.1, 0.15) is 24.2 Å². The Kier molecular flexibility index (Phi) is 3.63. The van der Waals surface area contributed by atoms with E-state index in [0.29, 0.717) is 11.3 Å². The van der Waals surface area contributed by atoms with Crippen molar-refractivity contribution in [3.05, 3.63) is 24.0 Å². The van der Waals surface area contributed by atoms with E-state index in [4.69, 9.17) is 5.73 Å². The van der Waals surface area contributed by atoms with Crippen molar-refractivity contribution < 1.29 is 4.79 Å². The van der Waals surface area contributed by atoms with Crippen molar-refractivity contribution in [3.8, 4) is 0 Å². The van der Waals surface area contributed by atoms with Crippen LogP contribution in [0.2, 0.25) is 0 Å². The highest BCUT2D eigenvalue weighted by atomic mass is 16.1. The maximum absolute atomic E-state index is 12.6. The average molecular weight is 248 g/mol. The first-order valence-electron chi connectivity index (χ1n) is 6.23. The third-order valence-corrected chi connectivity index (χ3v) is 3.56. The van der Waals surface area contributed by atoms with Crippen LogP contribution in [0, 0.1) is 0 Å². The minimum absolute atomic E-state index is 0.0370. The second kappa shape index (κ2) is 5.04. The van der Waals surface area contributed by atoms with Gasteiger partial charge in [-0.05, 0) is 19.9 Å². The van der Waals surface area contributed by atoms with E-state index in [-0.39, 0.29) is 5.78 Å². The molecule has 1 aromatic rings. The van der Waals surface area contributed by atoms with Crippen LogP contribution in [0.4, 0.5) is 5.69 Å². The number of nitrogens with one attached hydrogen (secondary N) is 1. The largest absolute Gasteiger partial charge is 0.398 e. The van der Waals surface area contributed by atoms with E-state index in [1.165, 1.54) is 0 Å². The molecule has 0 bridgehead atoms. The number of carbonyl (C=O) groups is 1. The molecule has 5 nitrogen and oxygen atoms in total. The number of Topliss-reactive ketones (excluding diaryl/α,β-unsaturated/α-hetero) is 1. The fraction of sp³-hybridized carbons (Fsp3) is 0.538. The number of nitrogen functional groups attached to an aromatic ring is 1. The zero-order chi connectivity index (χ0) is 13.2. The van der Waals surface area contributed by atoms with Gasteiger partial charge in [-0.1, -0.05) is 0 Å². The Hall–Kier alpha value is -1.46. The topological polar surface area (TPSA) is 71.2 Å². The van der Waals surface area contributed by atoms with Gasteiger partial charge < -0.3 is 11.1 Å². The van der Waals surface area contributed by atoms with Crippen LogP contribution in [-0.4, -0.2) is 47.4 Å². The predicted molar refractivity (Wildman–Crippen MR) is 71.5 cm³/mol. The Morgan fingerprint density at radius 3 is 2.72 bits per heavy atom. The maximum atomic E-state index is 12.6. The molecule has 1 aliphatic heterocycles. The molecule has 0 atom stereocenters. The third-order valence-electron chi connectivity index (χ3n) is 3.56. The molecule has 1 aromatic heterocycles. The van der Waals surface area contributed by atoms with Gasteiger partial charge in [-0.15, -0.1) is 0 Å². The summed E-state index contributed by atoms with van der Waals surface area (Å²) in [5.74, 6) is 0.0370. The summed E-state index contributed by atoms with van der Waals surface area (Å²) in [4.78, 5) is 18.8. The van der Waals surface area contributed by atoms with Gasteiger partial charge in [-0.25, -0.2) is 0 Å². The molecule has 0 aromatic carbocycles. The predicted octanol–water partition coefficient (Wildman–Crippen LogP) is 0.530. The molecule has 98 valence electrons. The van der Waals surface area contributed by atoms with E-state index in [1.54, 1.807) is 18.5 Å². The molecule has 0 aliphatic carbocycles.